The van der Waals surface area contributed by atoms with Crippen LogP contribution in [0.15, 0.2) is 42.5 Å². The van der Waals surface area contributed by atoms with Crippen molar-refractivity contribution < 1.29 is 4.74 Å². The van der Waals surface area contributed by atoms with Crippen LogP contribution in [-0.2, 0) is 6.42 Å². The third-order valence-electron chi connectivity index (χ3n) is 4.35. The lowest BCUT2D eigenvalue weighted by molar-refractivity contribution is 0.459. The lowest BCUT2D eigenvalue weighted by Gasteiger charge is -2.30. The summed E-state index contributed by atoms with van der Waals surface area (Å²) in [5.41, 5.74) is 3.89. The molecule has 20 heavy (non-hydrogen) atoms. The van der Waals surface area contributed by atoms with E-state index in [4.69, 9.17) is 4.74 Å². The number of anilines is 1. The van der Waals surface area contributed by atoms with Crippen molar-refractivity contribution in [3.8, 4) is 11.5 Å². The second-order valence-electron chi connectivity index (χ2n) is 5.73. The average molecular weight is 265 g/mol. The number of nitrogens with zero attached hydrogens (tertiary/aromatic N) is 1. The number of rotatable bonds is 1. The molecule has 2 heterocycles. The highest BCUT2D eigenvalue weighted by atomic mass is 16.5. The molecular formula is C18H19NO. The van der Waals surface area contributed by atoms with E-state index in [1.807, 2.05) is 6.07 Å². The highest BCUT2D eigenvalue weighted by Crippen LogP contribution is 2.38. The third kappa shape index (κ3) is 2.05. The van der Waals surface area contributed by atoms with E-state index in [1.165, 1.54) is 49.2 Å². The fourth-order valence-electron chi connectivity index (χ4n) is 3.21. The zero-order valence-electron chi connectivity index (χ0n) is 11.6. The van der Waals surface area contributed by atoms with Gasteiger partial charge in [0, 0.05) is 31.3 Å². The zero-order chi connectivity index (χ0) is 13.4. The van der Waals surface area contributed by atoms with Gasteiger partial charge in [0.15, 0.2) is 0 Å². The van der Waals surface area contributed by atoms with Crippen molar-refractivity contribution >= 4 is 5.69 Å². The first-order chi connectivity index (χ1) is 9.90. The van der Waals surface area contributed by atoms with E-state index >= 15 is 0 Å². The van der Waals surface area contributed by atoms with Crippen LogP contribution in [0.25, 0.3) is 0 Å². The third-order valence-corrected chi connectivity index (χ3v) is 4.35. The molecule has 2 aromatic rings. The molecule has 0 radical (unpaired) electrons. The monoisotopic (exact) mass is 265 g/mol. The molecular weight excluding hydrogens is 246 g/mol. The molecule has 102 valence electrons. The Balaban J connectivity index is 1.65. The van der Waals surface area contributed by atoms with Crippen LogP contribution in [-0.4, -0.2) is 13.1 Å². The molecule has 0 spiro atoms. The fraction of sp³-hybridized carbons (Fsp3) is 0.333. The minimum atomic E-state index is 0.978. The van der Waals surface area contributed by atoms with Gasteiger partial charge in [0.1, 0.15) is 11.5 Å². The summed E-state index contributed by atoms with van der Waals surface area (Å²) in [6.45, 7) is 2.35. The maximum atomic E-state index is 6.08. The summed E-state index contributed by atoms with van der Waals surface area (Å²) < 4.78 is 6.08. The SMILES string of the molecule is c1ccc2c(c1)Cc1ccc(N3CCCCC3)cc1O2. The van der Waals surface area contributed by atoms with E-state index in [1.54, 1.807) is 0 Å². The van der Waals surface area contributed by atoms with E-state index in [2.05, 4.69) is 41.3 Å². The molecule has 0 bridgehead atoms. The van der Waals surface area contributed by atoms with Gasteiger partial charge >= 0.3 is 0 Å². The number of benzene rings is 2. The summed E-state index contributed by atoms with van der Waals surface area (Å²) in [5, 5.41) is 0. The van der Waals surface area contributed by atoms with Crippen LogP contribution in [0.5, 0.6) is 11.5 Å². The minimum absolute atomic E-state index is 0.978. The van der Waals surface area contributed by atoms with E-state index in [-0.39, 0.29) is 0 Å². The Hall–Kier alpha value is -1.96. The van der Waals surface area contributed by atoms with Gasteiger partial charge in [0.25, 0.3) is 0 Å². The van der Waals surface area contributed by atoms with E-state index in [0.717, 1.165) is 17.9 Å². The second-order valence-corrected chi connectivity index (χ2v) is 5.73. The van der Waals surface area contributed by atoms with E-state index in [0.29, 0.717) is 0 Å². The molecule has 0 amide bonds. The summed E-state index contributed by atoms with van der Waals surface area (Å²) in [5.74, 6) is 2.04. The molecule has 0 aliphatic carbocycles. The van der Waals surface area contributed by atoms with E-state index in [9.17, 15) is 0 Å². The first kappa shape index (κ1) is 11.8. The molecule has 2 aliphatic rings. The predicted molar refractivity (Wildman–Crippen MR) is 81.8 cm³/mol. The molecule has 4 rings (SSSR count). The Labute approximate surface area is 120 Å². The van der Waals surface area contributed by atoms with Gasteiger partial charge in [-0.25, -0.2) is 0 Å². The van der Waals surface area contributed by atoms with Gasteiger partial charge in [-0.3, -0.25) is 0 Å². The lowest BCUT2D eigenvalue weighted by Crippen LogP contribution is -2.29. The average Bonchev–Trinajstić information content (AvgIpc) is 2.53. The van der Waals surface area contributed by atoms with Crippen LogP contribution in [0.1, 0.15) is 30.4 Å². The van der Waals surface area contributed by atoms with Crippen molar-refractivity contribution in [3.05, 3.63) is 53.6 Å². The molecule has 0 aromatic heterocycles. The smallest absolute Gasteiger partial charge is 0.133 e. The Bertz CT molecular complexity index is 629. The summed E-state index contributed by atoms with van der Waals surface area (Å²) >= 11 is 0. The normalized spacial score (nSPS) is 17.1. The molecule has 0 saturated carbocycles. The predicted octanol–water partition coefficient (Wildman–Crippen LogP) is 4.37. The number of hydrogen-bond donors (Lipinski definition) is 0. The number of para-hydroxylation sites is 1. The largest absolute Gasteiger partial charge is 0.457 e. The van der Waals surface area contributed by atoms with Gasteiger partial charge in [-0.05, 0) is 42.5 Å². The summed E-state index contributed by atoms with van der Waals surface area (Å²) in [4.78, 5) is 2.48. The van der Waals surface area contributed by atoms with Gasteiger partial charge in [0.2, 0.25) is 0 Å². The highest BCUT2D eigenvalue weighted by Gasteiger charge is 2.18. The maximum Gasteiger partial charge on any atom is 0.133 e. The molecule has 0 N–H and O–H groups in total. The van der Waals surface area contributed by atoms with Crippen molar-refractivity contribution in [3.63, 3.8) is 0 Å². The molecule has 2 nitrogen and oxygen atoms in total. The van der Waals surface area contributed by atoms with Gasteiger partial charge < -0.3 is 9.64 Å². The molecule has 1 fully saturated rings. The van der Waals surface area contributed by atoms with Crippen molar-refractivity contribution in [2.75, 3.05) is 18.0 Å². The number of fused-ring (bicyclic) bond motifs is 2. The topological polar surface area (TPSA) is 12.5 Å². The standard InChI is InChI=1S/C18H19NO/c1-4-10-19(11-5-1)16-9-8-15-12-14-6-2-3-7-17(14)20-18(15)13-16/h2-3,6-9,13H,1,4-5,10-12H2. The molecule has 0 unspecified atom stereocenters. The van der Waals surface area contributed by atoms with Crippen molar-refractivity contribution in [1.29, 1.82) is 0 Å². The highest BCUT2D eigenvalue weighted by molar-refractivity contribution is 5.58. The molecule has 2 aromatic carbocycles. The van der Waals surface area contributed by atoms with Crippen molar-refractivity contribution in [2.24, 2.45) is 0 Å². The van der Waals surface area contributed by atoms with E-state index < -0.39 is 0 Å². The minimum Gasteiger partial charge on any atom is -0.457 e. The van der Waals surface area contributed by atoms with Gasteiger partial charge in [-0.2, -0.15) is 0 Å². The van der Waals surface area contributed by atoms with Crippen LogP contribution in [0.2, 0.25) is 0 Å². The van der Waals surface area contributed by atoms with Crippen LogP contribution < -0.4 is 9.64 Å². The molecule has 2 aliphatic heterocycles. The summed E-state index contributed by atoms with van der Waals surface area (Å²) in [6, 6.07) is 15.0. The van der Waals surface area contributed by atoms with Crippen molar-refractivity contribution in [1.82, 2.24) is 0 Å². The molecule has 0 atom stereocenters. The van der Waals surface area contributed by atoms with Gasteiger partial charge in [-0.15, -0.1) is 0 Å². The quantitative estimate of drug-likeness (QED) is 0.647. The summed E-state index contributed by atoms with van der Waals surface area (Å²) in [7, 11) is 0. The lowest BCUT2D eigenvalue weighted by atomic mass is 9.99. The van der Waals surface area contributed by atoms with Crippen LogP contribution >= 0.6 is 0 Å². The molecule has 2 heteroatoms. The first-order valence-corrected chi connectivity index (χ1v) is 7.54. The van der Waals surface area contributed by atoms with Gasteiger partial charge in [0.05, 0.1) is 0 Å². The number of piperidine rings is 1. The van der Waals surface area contributed by atoms with Crippen LogP contribution in [0, 0.1) is 0 Å². The van der Waals surface area contributed by atoms with Crippen LogP contribution in [0.3, 0.4) is 0 Å². The molecule has 1 saturated heterocycles. The van der Waals surface area contributed by atoms with Gasteiger partial charge in [-0.1, -0.05) is 24.3 Å². The summed E-state index contributed by atoms with van der Waals surface area (Å²) in [6.07, 6.45) is 4.96. The van der Waals surface area contributed by atoms with Crippen molar-refractivity contribution in [2.45, 2.75) is 25.7 Å². The number of ether oxygens (including phenoxy) is 1. The maximum absolute atomic E-state index is 6.08. The van der Waals surface area contributed by atoms with Crippen LogP contribution in [0.4, 0.5) is 5.69 Å². The zero-order valence-corrected chi connectivity index (χ0v) is 11.6. The fourth-order valence-corrected chi connectivity index (χ4v) is 3.21. The Morgan fingerprint density at radius 3 is 2.50 bits per heavy atom. The Morgan fingerprint density at radius 2 is 1.60 bits per heavy atom. The Morgan fingerprint density at radius 1 is 0.800 bits per heavy atom. The Kier molecular flexibility index (Phi) is 2.87. The number of hydrogen-bond acceptors (Lipinski definition) is 2. The second kappa shape index (κ2) is 4.86. The first-order valence-electron chi connectivity index (χ1n) is 7.54.